The Morgan fingerprint density at radius 1 is 0.944 bits per heavy atom. The molecule has 1 unspecified atom stereocenters. The molecule has 4 nitrogen and oxygen atoms in total. The van der Waals surface area contributed by atoms with Crippen LogP contribution in [0.1, 0.15) is 20.7 Å². The summed E-state index contributed by atoms with van der Waals surface area (Å²) < 4.78 is 12.3. The van der Waals surface area contributed by atoms with Crippen molar-refractivity contribution >= 4 is 33.6 Å². The van der Waals surface area contributed by atoms with Gasteiger partial charge in [-0.2, -0.15) is 4.31 Å². The molecule has 1 heterocycles. The van der Waals surface area contributed by atoms with Gasteiger partial charge >= 0.3 is 0 Å². The smallest absolute Gasteiger partial charge is 0.268 e. The highest BCUT2D eigenvalue weighted by Crippen LogP contribution is 2.30. The number of hydrogen-bond donors (Lipinski definition) is 0. The number of carbonyl (C=O) groups is 2. The molecule has 90 valence electrons. The van der Waals surface area contributed by atoms with Crippen LogP contribution in [0.5, 0.6) is 0 Å². The normalized spacial score (nSPS) is 16.2. The maximum Gasteiger partial charge on any atom is 0.273 e. The van der Waals surface area contributed by atoms with Crippen LogP contribution in [0.15, 0.2) is 36.4 Å². The molecule has 1 aliphatic rings. The molecule has 0 radical (unpaired) electrons. The fraction of sp³-hybridized carbons (Fsp3) is 0.0769. The van der Waals surface area contributed by atoms with Crippen molar-refractivity contribution in [3.05, 3.63) is 47.5 Å². The van der Waals surface area contributed by atoms with Crippen molar-refractivity contribution < 1.29 is 13.8 Å². The number of carbonyl (C=O) groups excluding carboxylic acids is 2. The number of hydrogen-bond acceptors (Lipinski definition) is 3. The minimum Gasteiger partial charge on any atom is -0.268 e. The van der Waals surface area contributed by atoms with Crippen molar-refractivity contribution in [1.29, 1.82) is 0 Å². The van der Waals surface area contributed by atoms with Gasteiger partial charge in [0.2, 0.25) is 0 Å². The summed E-state index contributed by atoms with van der Waals surface area (Å²) >= 11 is 0. The minimum absolute atomic E-state index is 0.429. The van der Waals surface area contributed by atoms with Crippen LogP contribution in [0, 0.1) is 0 Å². The van der Waals surface area contributed by atoms with E-state index in [-0.39, 0.29) is 0 Å². The summed E-state index contributed by atoms with van der Waals surface area (Å²) in [5, 5.41) is 1.49. The van der Waals surface area contributed by atoms with Crippen molar-refractivity contribution in [2.75, 3.05) is 6.26 Å². The van der Waals surface area contributed by atoms with E-state index in [2.05, 4.69) is 0 Å². The highest BCUT2D eigenvalue weighted by atomic mass is 32.2. The molecule has 3 rings (SSSR count). The molecule has 0 aromatic heterocycles. The van der Waals surface area contributed by atoms with E-state index in [1.807, 2.05) is 12.1 Å². The van der Waals surface area contributed by atoms with Crippen LogP contribution in [0.3, 0.4) is 0 Å². The first-order valence-corrected chi connectivity index (χ1v) is 6.87. The van der Waals surface area contributed by atoms with Gasteiger partial charge in [0.25, 0.3) is 11.8 Å². The van der Waals surface area contributed by atoms with Crippen LogP contribution in [0.4, 0.5) is 0 Å². The molecule has 0 aliphatic carbocycles. The van der Waals surface area contributed by atoms with Gasteiger partial charge in [0.1, 0.15) is 11.0 Å². The standard InChI is InChI=1S/C13H9NO3S/c1-18(17)14-12(15)9-6-2-4-8-5-3-7-10(11(8)9)13(14)16/h2-7H,1H3. The summed E-state index contributed by atoms with van der Waals surface area (Å²) in [4.78, 5) is 24.3. The van der Waals surface area contributed by atoms with E-state index in [0.717, 1.165) is 9.69 Å². The first-order valence-electron chi connectivity index (χ1n) is 5.35. The Morgan fingerprint density at radius 2 is 1.44 bits per heavy atom. The monoisotopic (exact) mass is 259 g/mol. The Bertz CT molecular complexity index is 672. The lowest BCUT2D eigenvalue weighted by molar-refractivity contribution is 0.0732. The maximum absolute atomic E-state index is 12.2. The molecule has 18 heavy (non-hydrogen) atoms. The van der Waals surface area contributed by atoms with Crippen molar-refractivity contribution in [2.45, 2.75) is 0 Å². The van der Waals surface area contributed by atoms with E-state index in [0.29, 0.717) is 16.5 Å². The quantitative estimate of drug-likeness (QED) is 0.733. The van der Waals surface area contributed by atoms with Gasteiger partial charge in [0.05, 0.1) is 0 Å². The number of benzene rings is 2. The van der Waals surface area contributed by atoms with Gasteiger partial charge in [-0.05, 0) is 17.5 Å². The molecule has 2 aromatic rings. The van der Waals surface area contributed by atoms with Crippen LogP contribution in [0.2, 0.25) is 0 Å². The van der Waals surface area contributed by atoms with E-state index in [9.17, 15) is 13.8 Å². The first kappa shape index (κ1) is 11.1. The molecule has 2 aromatic carbocycles. The van der Waals surface area contributed by atoms with Gasteiger partial charge in [0, 0.05) is 22.8 Å². The van der Waals surface area contributed by atoms with Gasteiger partial charge in [-0.15, -0.1) is 0 Å². The van der Waals surface area contributed by atoms with Crippen molar-refractivity contribution in [3.8, 4) is 0 Å². The summed E-state index contributed by atoms with van der Waals surface area (Å²) in [6, 6.07) is 10.5. The molecule has 0 saturated heterocycles. The molecule has 5 heteroatoms. The van der Waals surface area contributed by atoms with Gasteiger partial charge in [-0.1, -0.05) is 24.3 Å². The van der Waals surface area contributed by atoms with Crippen molar-refractivity contribution in [1.82, 2.24) is 4.31 Å². The average Bonchev–Trinajstić information content (AvgIpc) is 2.35. The number of imide groups is 1. The Hall–Kier alpha value is -2.01. The summed E-state index contributed by atoms with van der Waals surface area (Å²) in [5.74, 6) is -0.990. The Morgan fingerprint density at radius 3 is 1.89 bits per heavy atom. The van der Waals surface area contributed by atoms with Gasteiger partial charge in [-0.3, -0.25) is 9.59 Å². The third-order valence-corrected chi connectivity index (χ3v) is 3.84. The lowest BCUT2D eigenvalue weighted by Gasteiger charge is -2.24. The fourth-order valence-corrected chi connectivity index (χ4v) is 2.91. The number of amides is 2. The van der Waals surface area contributed by atoms with E-state index in [4.69, 9.17) is 0 Å². The van der Waals surface area contributed by atoms with Crippen molar-refractivity contribution in [2.24, 2.45) is 0 Å². The minimum atomic E-state index is -1.65. The van der Waals surface area contributed by atoms with Crippen LogP contribution in [-0.2, 0) is 11.0 Å². The van der Waals surface area contributed by atoms with Crippen LogP contribution < -0.4 is 0 Å². The average molecular weight is 259 g/mol. The lowest BCUT2D eigenvalue weighted by atomic mass is 9.95. The first-order chi connectivity index (χ1) is 8.61. The second-order valence-corrected chi connectivity index (χ2v) is 5.25. The predicted octanol–water partition coefficient (Wildman–Crippen LogP) is 1.73. The zero-order chi connectivity index (χ0) is 12.9. The Kier molecular flexibility index (Phi) is 2.31. The molecule has 2 amide bonds. The van der Waals surface area contributed by atoms with Gasteiger partial charge < -0.3 is 0 Å². The maximum atomic E-state index is 12.2. The summed E-state index contributed by atoms with van der Waals surface area (Å²) in [7, 11) is -1.65. The van der Waals surface area contributed by atoms with Crippen molar-refractivity contribution in [3.63, 3.8) is 0 Å². The Balaban J connectivity index is 2.42. The zero-order valence-electron chi connectivity index (χ0n) is 9.54. The largest absolute Gasteiger partial charge is 0.273 e. The third kappa shape index (κ3) is 1.34. The van der Waals surface area contributed by atoms with E-state index >= 15 is 0 Å². The Labute approximate surface area is 106 Å². The molecule has 1 atom stereocenters. The molecule has 0 bridgehead atoms. The van der Waals surface area contributed by atoms with Crippen LogP contribution in [-0.4, -0.2) is 26.6 Å². The van der Waals surface area contributed by atoms with E-state index < -0.39 is 22.8 Å². The predicted molar refractivity (Wildman–Crippen MR) is 68.5 cm³/mol. The van der Waals surface area contributed by atoms with Gasteiger partial charge in [0.15, 0.2) is 0 Å². The molecule has 0 spiro atoms. The third-order valence-electron chi connectivity index (χ3n) is 2.99. The molecule has 0 fully saturated rings. The second-order valence-electron chi connectivity index (χ2n) is 4.04. The summed E-state index contributed by atoms with van der Waals surface area (Å²) in [5.41, 5.74) is 0.857. The molecule has 0 N–H and O–H groups in total. The highest BCUT2D eigenvalue weighted by Gasteiger charge is 2.34. The SMILES string of the molecule is CS(=O)N1C(=O)c2cccc3cccc(c23)C1=O. The summed E-state index contributed by atoms with van der Waals surface area (Å²) in [6.07, 6.45) is 1.32. The highest BCUT2D eigenvalue weighted by molar-refractivity contribution is 7.83. The lowest BCUT2D eigenvalue weighted by Crippen LogP contribution is -2.40. The fourth-order valence-electron chi connectivity index (χ4n) is 2.24. The topological polar surface area (TPSA) is 54.5 Å². The molecule has 1 aliphatic heterocycles. The molecular formula is C13H9NO3S. The molecule has 0 saturated carbocycles. The zero-order valence-corrected chi connectivity index (χ0v) is 10.4. The second kappa shape index (κ2) is 3.74. The number of rotatable bonds is 1. The van der Waals surface area contributed by atoms with Gasteiger partial charge in [-0.25, -0.2) is 4.21 Å². The van der Waals surface area contributed by atoms with Crippen LogP contribution >= 0.6 is 0 Å². The van der Waals surface area contributed by atoms with Crippen LogP contribution in [0.25, 0.3) is 10.8 Å². The number of nitrogens with zero attached hydrogens (tertiary/aromatic N) is 1. The summed E-state index contributed by atoms with van der Waals surface area (Å²) in [6.45, 7) is 0. The van der Waals surface area contributed by atoms with E-state index in [1.54, 1.807) is 24.3 Å². The molecular weight excluding hydrogens is 250 g/mol. The van der Waals surface area contributed by atoms with E-state index in [1.165, 1.54) is 6.26 Å².